The molecule has 173 valence electrons. The van der Waals surface area contributed by atoms with Gasteiger partial charge in [0.1, 0.15) is 11.9 Å². The van der Waals surface area contributed by atoms with Gasteiger partial charge in [-0.25, -0.2) is 4.39 Å². The predicted molar refractivity (Wildman–Crippen MR) is 124 cm³/mol. The number of carbonyl (C=O) groups excluding carboxylic acids is 1. The summed E-state index contributed by atoms with van der Waals surface area (Å²) in [7, 11) is 0. The lowest BCUT2D eigenvalue weighted by Gasteiger charge is -2.44. The molecule has 6 heteroatoms. The molecular weight excluding hydrogens is 407 g/mol. The second-order valence-corrected chi connectivity index (χ2v) is 8.66. The first-order valence-corrected chi connectivity index (χ1v) is 11.4. The molecule has 3 rings (SSSR count). The van der Waals surface area contributed by atoms with Crippen LogP contribution in [0.15, 0.2) is 42.5 Å². The van der Waals surface area contributed by atoms with Crippen molar-refractivity contribution in [2.75, 3.05) is 19.7 Å². The molecule has 1 heterocycles. The van der Waals surface area contributed by atoms with Crippen molar-refractivity contribution in [3.05, 3.63) is 66.3 Å². The van der Waals surface area contributed by atoms with Crippen molar-refractivity contribution in [3.8, 4) is 11.1 Å². The van der Waals surface area contributed by atoms with E-state index in [1.54, 1.807) is 17.0 Å². The fourth-order valence-electron chi connectivity index (χ4n) is 4.83. The van der Waals surface area contributed by atoms with E-state index in [4.69, 9.17) is 5.73 Å². The summed E-state index contributed by atoms with van der Waals surface area (Å²) in [5.74, 6) is -1.02. The van der Waals surface area contributed by atoms with E-state index in [1.807, 2.05) is 31.2 Å². The van der Waals surface area contributed by atoms with E-state index in [-0.39, 0.29) is 17.6 Å². The number of piperidine rings is 1. The molecule has 4 N–H and O–H groups in total. The van der Waals surface area contributed by atoms with E-state index in [9.17, 15) is 15.0 Å². The van der Waals surface area contributed by atoms with Gasteiger partial charge in [-0.3, -0.25) is 4.79 Å². The molecule has 0 aliphatic carbocycles. The zero-order valence-electron chi connectivity index (χ0n) is 18.8. The molecule has 1 aliphatic heterocycles. The van der Waals surface area contributed by atoms with Gasteiger partial charge in [0.05, 0.1) is 12.2 Å². The Morgan fingerprint density at radius 3 is 2.78 bits per heavy atom. The molecule has 1 radical (unpaired) electrons. The number of aryl methyl sites for hydroxylation is 1. The average molecular weight is 442 g/mol. The highest BCUT2D eigenvalue weighted by atomic mass is 19.1. The second-order valence-electron chi connectivity index (χ2n) is 8.66. The molecule has 1 aliphatic rings. The van der Waals surface area contributed by atoms with Gasteiger partial charge < -0.3 is 20.8 Å². The number of rotatable bonds is 8. The van der Waals surface area contributed by atoms with Crippen molar-refractivity contribution >= 4 is 5.91 Å². The lowest BCUT2D eigenvalue weighted by molar-refractivity contribution is -0.138. The molecule has 32 heavy (non-hydrogen) atoms. The molecule has 5 nitrogen and oxygen atoms in total. The number of hydrogen-bond donors (Lipinski definition) is 3. The highest BCUT2D eigenvalue weighted by Crippen LogP contribution is 2.44. The minimum Gasteiger partial charge on any atom is -0.394 e. The van der Waals surface area contributed by atoms with E-state index in [0.717, 1.165) is 17.5 Å². The number of aliphatic hydroxyl groups is 2. The van der Waals surface area contributed by atoms with Crippen LogP contribution < -0.4 is 5.73 Å². The molecule has 1 amide bonds. The van der Waals surface area contributed by atoms with Crippen LogP contribution in [0.2, 0.25) is 0 Å². The number of likely N-dealkylation sites (tertiary alicyclic amines) is 1. The van der Waals surface area contributed by atoms with Crippen molar-refractivity contribution < 1.29 is 19.4 Å². The molecule has 2 unspecified atom stereocenters. The Morgan fingerprint density at radius 2 is 2.09 bits per heavy atom. The van der Waals surface area contributed by atoms with Gasteiger partial charge in [-0.1, -0.05) is 56.7 Å². The highest BCUT2D eigenvalue weighted by molar-refractivity contribution is 5.82. The number of halogens is 1. The van der Waals surface area contributed by atoms with Crippen LogP contribution in [0.25, 0.3) is 11.1 Å². The standard InChI is InChI=1S/C26H34FN2O3/c1-3-13-26(32,20-10-7-14-29(16-20)25(31)23(28)17-30)21-11-6-12-22(27)24(21)19-9-5-8-18(4-2)15-19/h5-6,8-9,11-12,15,20,23,30,32H,1,3-4,7,10,13-14,16-17,28H2,2H3/t20?,23-,26?/m0/s1. The Kier molecular flexibility index (Phi) is 8.04. The van der Waals surface area contributed by atoms with E-state index < -0.39 is 18.2 Å². The van der Waals surface area contributed by atoms with Gasteiger partial charge in [0.25, 0.3) is 0 Å². The Balaban J connectivity index is 2.06. The first kappa shape index (κ1) is 24.4. The van der Waals surface area contributed by atoms with Gasteiger partial charge in [0.2, 0.25) is 5.91 Å². The Morgan fingerprint density at radius 1 is 1.34 bits per heavy atom. The van der Waals surface area contributed by atoms with E-state index in [2.05, 4.69) is 6.92 Å². The largest absolute Gasteiger partial charge is 0.394 e. The average Bonchev–Trinajstić information content (AvgIpc) is 2.83. The molecular formula is C26H34FN2O3. The van der Waals surface area contributed by atoms with Crippen molar-refractivity contribution in [2.45, 2.75) is 50.7 Å². The van der Waals surface area contributed by atoms with Gasteiger partial charge in [0.15, 0.2) is 0 Å². The number of carbonyl (C=O) groups is 1. The van der Waals surface area contributed by atoms with Crippen LogP contribution >= 0.6 is 0 Å². The summed E-state index contributed by atoms with van der Waals surface area (Å²) in [6.45, 7) is 6.40. The van der Waals surface area contributed by atoms with Crippen molar-refractivity contribution in [1.29, 1.82) is 0 Å². The normalized spacial score (nSPS) is 19.4. The molecule has 2 aromatic rings. The fraction of sp³-hybridized carbons (Fsp3) is 0.462. The second kappa shape index (κ2) is 10.6. The summed E-state index contributed by atoms with van der Waals surface area (Å²) in [5, 5.41) is 21.4. The fourth-order valence-corrected chi connectivity index (χ4v) is 4.83. The molecule has 3 atom stereocenters. The molecule has 1 saturated heterocycles. The number of amides is 1. The Bertz CT molecular complexity index is 935. The van der Waals surface area contributed by atoms with E-state index in [1.165, 1.54) is 6.07 Å². The van der Waals surface area contributed by atoms with Crippen molar-refractivity contribution in [2.24, 2.45) is 11.7 Å². The third-order valence-electron chi connectivity index (χ3n) is 6.58. The van der Waals surface area contributed by atoms with Gasteiger partial charge >= 0.3 is 0 Å². The van der Waals surface area contributed by atoms with Crippen LogP contribution in [-0.2, 0) is 16.8 Å². The van der Waals surface area contributed by atoms with E-state index >= 15 is 4.39 Å². The number of aliphatic hydroxyl groups excluding tert-OH is 1. The number of benzene rings is 2. The molecule has 0 bridgehead atoms. The third-order valence-corrected chi connectivity index (χ3v) is 6.58. The first-order chi connectivity index (χ1) is 15.3. The van der Waals surface area contributed by atoms with Gasteiger partial charge in [0, 0.05) is 24.6 Å². The summed E-state index contributed by atoms with van der Waals surface area (Å²) in [6, 6.07) is 11.6. The Hall–Kier alpha value is -2.28. The predicted octanol–water partition coefficient (Wildman–Crippen LogP) is 3.42. The van der Waals surface area contributed by atoms with Gasteiger partial charge in [-0.15, -0.1) is 0 Å². The molecule has 2 aromatic carbocycles. The minimum absolute atomic E-state index is 0.300. The summed E-state index contributed by atoms with van der Waals surface area (Å²) < 4.78 is 15.2. The Labute approximate surface area is 190 Å². The van der Waals surface area contributed by atoms with Crippen LogP contribution in [0.5, 0.6) is 0 Å². The van der Waals surface area contributed by atoms with Crippen molar-refractivity contribution in [1.82, 2.24) is 4.90 Å². The van der Waals surface area contributed by atoms with Crippen LogP contribution in [0.4, 0.5) is 4.39 Å². The van der Waals surface area contributed by atoms with Crippen LogP contribution in [-0.4, -0.2) is 46.8 Å². The maximum atomic E-state index is 15.2. The van der Waals surface area contributed by atoms with Gasteiger partial charge in [-0.2, -0.15) is 0 Å². The number of hydrogen-bond acceptors (Lipinski definition) is 4. The maximum Gasteiger partial charge on any atom is 0.241 e. The lowest BCUT2D eigenvalue weighted by atomic mass is 9.72. The van der Waals surface area contributed by atoms with E-state index in [0.29, 0.717) is 49.9 Å². The third kappa shape index (κ3) is 4.87. The smallest absolute Gasteiger partial charge is 0.241 e. The van der Waals surface area contributed by atoms with Crippen molar-refractivity contribution in [3.63, 3.8) is 0 Å². The minimum atomic E-state index is -1.36. The molecule has 0 aromatic heterocycles. The molecule has 0 saturated carbocycles. The monoisotopic (exact) mass is 441 g/mol. The zero-order chi connectivity index (χ0) is 23.3. The van der Waals surface area contributed by atoms with Crippen LogP contribution in [0, 0.1) is 18.7 Å². The quantitative estimate of drug-likeness (QED) is 0.586. The summed E-state index contributed by atoms with van der Waals surface area (Å²) in [4.78, 5) is 14.2. The SMILES string of the molecule is [CH2]CCC(O)(c1cccc(F)c1-c1cccc(CC)c1)C1CCCN(C(=O)[C@@H](N)CO)C1. The molecule has 0 spiro atoms. The maximum absolute atomic E-state index is 15.2. The van der Waals surface area contributed by atoms with Gasteiger partial charge in [-0.05, 0) is 48.4 Å². The summed E-state index contributed by atoms with van der Waals surface area (Å²) in [6.07, 6.45) is 3.02. The summed E-state index contributed by atoms with van der Waals surface area (Å²) >= 11 is 0. The lowest BCUT2D eigenvalue weighted by Crippen LogP contribution is -2.53. The summed E-state index contributed by atoms with van der Waals surface area (Å²) in [5.41, 5.74) is 7.14. The highest BCUT2D eigenvalue weighted by Gasteiger charge is 2.43. The number of nitrogens with zero attached hydrogens (tertiary/aromatic N) is 1. The van der Waals surface area contributed by atoms with Crippen LogP contribution in [0.3, 0.4) is 0 Å². The number of nitrogens with two attached hydrogens (primary N) is 1. The topological polar surface area (TPSA) is 86.8 Å². The molecule has 1 fully saturated rings. The zero-order valence-corrected chi connectivity index (χ0v) is 18.8. The van der Waals surface area contributed by atoms with Crippen LogP contribution in [0.1, 0.15) is 43.7 Å². The first-order valence-electron chi connectivity index (χ1n) is 11.4.